The predicted octanol–water partition coefficient (Wildman–Crippen LogP) is 2.98. The van der Waals surface area contributed by atoms with Gasteiger partial charge in [-0.1, -0.05) is 6.07 Å². The van der Waals surface area contributed by atoms with Crippen molar-refractivity contribution in [2.24, 2.45) is 5.41 Å². The van der Waals surface area contributed by atoms with Crippen LogP contribution in [0, 0.1) is 11.2 Å². The lowest BCUT2D eigenvalue weighted by Crippen LogP contribution is -2.30. The normalized spacial score (nSPS) is 11.8. The van der Waals surface area contributed by atoms with Gasteiger partial charge in [0.1, 0.15) is 5.82 Å². The molecule has 4 heteroatoms. The van der Waals surface area contributed by atoms with E-state index in [1.807, 2.05) is 24.5 Å². The zero-order valence-electron chi connectivity index (χ0n) is 10.7. The van der Waals surface area contributed by atoms with Crippen LogP contribution in [-0.2, 0) is 16.1 Å². The Morgan fingerprint density at radius 1 is 1.39 bits per heavy atom. The first kappa shape index (κ1) is 12.6. The molecule has 0 aliphatic rings. The minimum atomic E-state index is -0.646. The highest BCUT2D eigenvalue weighted by molar-refractivity contribution is 5.81. The second kappa shape index (κ2) is 4.44. The molecular formula is C14H16FNO2. The molecule has 0 N–H and O–H groups in total. The first-order valence-corrected chi connectivity index (χ1v) is 5.77. The summed E-state index contributed by atoms with van der Waals surface area (Å²) in [6.07, 6.45) is 1.79. The second-order valence-corrected chi connectivity index (χ2v) is 4.99. The van der Waals surface area contributed by atoms with E-state index in [0.717, 1.165) is 5.52 Å². The number of benzene rings is 1. The van der Waals surface area contributed by atoms with E-state index in [9.17, 15) is 9.18 Å². The van der Waals surface area contributed by atoms with Gasteiger partial charge in [-0.15, -0.1) is 0 Å². The van der Waals surface area contributed by atoms with Crippen LogP contribution in [0.5, 0.6) is 0 Å². The number of ether oxygens (including phenoxy) is 1. The van der Waals surface area contributed by atoms with Crippen molar-refractivity contribution in [3.63, 3.8) is 0 Å². The summed E-state index contributed by atoms with van der Waals surface area (Å²) >= 11 is 0. The van der Waals surface area contributed by atoms with Crippen LogP contribution in [0.25, 0.3) is 10.9 Å². The van der Waals surface area contributed by atoms with Gasteiger partial charge in [-0.05, 0) is 32.0 Å². The fourth-order valence-electron chi connectivity index (χ4n) is 2.09. The molecule has 1 heterocycles. The van der Waals surface area contributed by atoms with Gasteiger partial charge < -0.3 is 9.30 Å². The van der Waals surface area contributed by atoms with Crippen molar-refractivity contribution in [3.8, 4) is 0 Å². The highest BCUT2D eigenvalue weighted by atomic mass is 19.1. The van der Waals surface area contributed by atoms with Gasteiger partial charge in [0.15, 0.2) is 0 Å². The molecule has 3 nitrogen and oxygen atoms in total. The van der Waals surface area contributed by atoms with E-state index in [-0.39, 0.29) is 11.8 Å². The Morgan fingerprint density at radius 2 is 2.11 bits per heavy atom. The van der Waals surface area contributed by atoms with Crippen LogP contribution < -0.4 is 0 Å². The van der Waals surface area contributed by atoms with Crippen LogP contribution in [-0.4, -0.2) is 17.6 Å². The highest BCUT2D eigenvalue weighted by Gasteiger charge is 2.29. The molecule has 0 aliphatic carbocycles. The Bertz CT molecular complexity index is 586. The van der Waals surface area contributed by atoms with Crippen molar-refractivity contribution in [1.29, 1.82) is 0 Å². The first-order valence-electron chi connectivity index (χ1n) is 5.77. The number of hydrogen-bond donors (Lipinski definition) is 0. The summed E-state index contributed by atoms with van der Waals surface area (Å²) in [7, 11) is 1.37. The van der Waals surface area contributed by atoms with Crippen molar-refractivity contribution in [2.75, 3.05) is 7.11 Å². The summed E-state index contributed by atoms with van der Waals surface area (Å²) in [6.45, 7) is 4.07. The molecule has 2 aromatic rings. The lowest BCUT2D eigenvalue weighted by Gasteiger charge is -2.22. The van der Waals surface area contributed by atoms with Crippen LogP contribution in [0.3, 0.4) is 0 Å². The summed E-state index contributed by atoms with van der Waals surface area (Å²) in [4.78, 5) is 11.7. The molecule has 18 heavy (non-hydrogen) atoms. The largest absolute Gasteiger partial charge is 0.469 e. The van der Waals surface area contributed by atoms with Crippen molar-refractivity contribution in [2.45, 2.75) is 20.4 Å². The smallest absolute Gasteiger partial charge is 0.313 e. The molecule has 1 aromatic carbocycles. The van der Waals surface area contributed by atoms with E-state index in [1.54, 1.807) is 18.3 Å². The zero-order chi connectivity index (χ0) is 13.3. The van der Waals surface area contributed by atoms with Gasteiger partial charge in [-0.3, -0.25) is 4.79 Å². The van der Waals surface area contributed by atoms with Gasteiger partial charge in [0, 0.05) is 18.1 Å². The average molecular weight is 249 g/mol. The van der Waals surface area contributed by atoms with Crippen LogP contribution in [0.4, 0.5) is 4.39 Å². The molecule has 0 saturated heterocycles. The number of esters is 1. The third-order valence-corrected chi connectivity index (χ3v) is 3.06. The molecule has 0 fully saturated rings. The summed E-state index contributed by atoms with van der Waals surface area (Å²) in [5.74, 6) is -0.525. The van der Waals surface area contributed by atoms with Gasteiger partial charge in [0.05, 0.1) is 18.0 Å². The van der Waals surface area contributed by atoms with Crippen LogP contribution in [0.1, 0.15) is 13.8 Å². The second-order valence-electron chi connectivity index (χ2n) is 4.99. The molecule has 0 atom stereocenters. The lowest BCUT2D eigenvalue weighted by molar-refractivity contribution is -0.151. The van der Waals surface area contributed by atoms with E-state index < -0.39 is 5.41 Å². The fourth-order valence-corrected chi connectivity index (χ4v) is 2.09. The van der Waals surface area contributed by atoms with E-state index >= 15 is 0 Å². The average Bonchev–Trinajstić information content (AvgIpc) is 2.72. The molecule has 0 unspecified atom stereocenters. The molecule has 0 spiro atoms. The van der Waals surface area contributed by atoms with Gasteiger partial charge in [0.25, 0.3) is 0 Å². The fraction of sp³-hybridized carbons (Fsp3) is 0.357. The monoisotopic (exact) mass is 249 g/mol. The Balaban J connectivity index is 2.39. The molecule has 0 saturated carbocycles. The van der Waals surface area contributed by atoms with Gasteiger partial charge in [-0.25, -0.2) is 4.39 Å². The summed E-state index contributed by atoms with van der Waals surface area (Å²) in [5, 5.41) is 0.568. The third kappa shape index (κ3) is 2.10. The quantitative estimate of drug-likeness (QED) is 0.783. The number of rotatable bonds is 3. The van der Waals surface area contributed by atoms with E-state index in [4.69, 9.17) is 4.74 Å². The van der Waals surface area contributed by atoms with E-state index in [2.05, 4.69) is 0 Å². The molecule has 0 amide bonds. The van der Waals surface area contributed by atoms with Crippen LogP contribution >= 0.6 is 0 Å². The summed E-state index contributed by atoms with van der Waals surface area (Å²) in [6, 6.07) is 6.65. The molecule has 0 radical (unpaired) electrons. The van der Waals surface area contributed by atoms with Gasteiger partial charge in [-0.2, -0.15) is 0 Å². The maximum absolute atomic E-state index is 13.6. The highest BCUT2D eigenvalue weighted by Crippen LogP contribution is 2.25. The van der Waals surface area contributed by atoms with Gasteiger partial charge >= 0.3 is 5.97 Å². The zero-order valence-corrected chi connectivity index (χ0v) is 10.7. The van der Waals surface area contributed by atoms with Crippen LogP contribution in [0.15, 0.2) is 30.5 Å². The standard InChI is InChI=1S/C14H16FNO2/c1-14(2,13(17)18-3)9-16-8-7-10-11(15)5-4-6-12(10)16/h4-8H,9H2,1-3H3. The van der Waals surface area contributed by atoms with E-state index in [0.29, 0.717) is 11.9 Å². The minimum Gasteiger partial charge on any atom is -0.469 e. The lowest BCUT2D eigenvalue weighted by atomic mass is 9.93. The molecule has 0 aliphatic heterocycles. The molecule has 0 bridgehead atoms. The van der Waals surface area contributed by atoms with Crippen LogP contribution in [0.2, 0.25) is 0 Å². The number of aromatic nitrogens is 1. The number of halogens is 1. The molecule has 96 valence electrons. The SMILES string of the molecule is COC(=O)C(C)(C)Cn1ccc2c(F)cccc21. The Morgan fingerprint density at radius 3 is 2.78 bits per heavy atom. The van der Waals surface area contributed by atoms with E-state index in [1.165, 1.54) is 13.2 Å². The summed E-state index contributed by atoms with van der Waals surface area (Å²) in [5.41, 5.74) is 0.138. The predicted molar refractivity (Wildman–Crippen MR) is 67.7 cm³/mol. The maximum Gasteiger partial charge on any atom is 0.313 e. The summed E-state index contributed by atoms with van der Waals surface area (Å²) < 4.78 is 20.2. The number of fused-ring (bicyclic) bond motifs is 1. The Hall–Kier alpha value is -1.84. The molecule has 2 rings (SSSR count). The van der Waals surface area contributed by atoms with Crippen molar-refractivity contribution in [3.05, 3.63) is 36.3 Å². The van der Waals surface area contributed by atoms with Crippen molar-refractivity contribution < 1.29 is 13.9 Å². The molecular weight excluding hydrogens is 233 g/mol. The number of nitrogens with zero attached hydrogens (tertiary/aromatic N) is 1. The third-order valence-electron chi connectivity index (χ3n) is 3.06. The van der Waals surface area contributed by atoms with Gasteiger partial charge in [0.2, 0.25) is 0 Å². The number of methoxy groups -OCH3 is 1. The maximum atomic E-state index is 13.6. The minimum absolute atomic E-state index is 0.248. The number of carbonyl (C=O) groups excluding carboxylic acids is 1. The Labute approximate surface area is 105 Å². The molecule has 1 aromatic heterocycles. The Kier molecular flexibility index (Phi) is 3.11. The number of carbonyl (C=O) groups is 1. The van der Waals surface area contributed by atoms with Crippen molar-refractivity contribution >= 4 is 16.9 Å². The van der Waals surface area contributed by atoms with Crippen molar-refractivity contribution in [1.82, 2.24) is 4.57 Å². The topological polar surface area (TPSA) is 31.2 Å². The first-order chi connectivity index (χ1) is 8.45. The number of hydrogen-bond acceptors (Lipinski definition) is 2.